The van der Waals surface area contributed by atoms with Gasteiger partial charge in [0, 0.05) is 6.54 Å². The topological polar surface area (TPSA) is 47.3 Å². The highest BCUT2D eigenvalue weighted by atomic mass is 16.5. The fourth-order valence-corrected chi connectivity index (χ4v) is 1.81. The quantitative estimate of drug-likeness (QED) is 0.745. The van der Waals surface area contributed by atoms with Crippen molar-refractivity contribution in [3.63, 3.8) is 0 Å². The standard InChI is InChI=1S/C15H26N2O/c1-12(2)18-15-6-4-14(5-7-15)11-17-10-13(3)8-9-16/h4-7,12-13,17H,8-11,16H2,1-3H3. The molecular formula is C15H26N2O. The summed E-state index contributed by atoms with van der Waals surface area (Å²) in [4.78, 5) is 0. The second kappa shape index (κ2) is 8.11. The van der Waals surface area contributed by atoms with Crippen LogP contribution in [-0.2, 0) is 6.54 Å². The van der Waals surface area contributed by atoms with E-state index >= 15 is 0 Å². The molecule has 1 aromatic carbocycles. The fourth-order valence-electron chi connectivity index (χ4n) is 1.81. The molecule has 0 radical (unpaired) electrons. The first-order chi connectivity index (χ1) is 8.61. The van der Waals surface area contributed by atoms with Crippen molar-refractivity contribution < 1.29 is 4.74 Å². The predicted octanol–water partition coefficient (Wildman–Crippen LogP) is 2.55. The van der Waals surface area contributed by atoms with Crippen LogP contribution in [0, 0.1) is 5.92 Å². The highest BCUT2D eigenvalue weighted by Crippen LogP contribution is 2.13. The Labute approximate surface area is 111 Å². The van der Waals surface area contributed by atoms with Gasteiger partial charge in [-0.05, 0) is 57.0 Å². The maximum atomic E-state index is 5.61. The zero-order valence-corrected chi connectivity index (χ0v) is 11.8. The van der Waals surface area contributed by atoms with Gasteiger partial charge in [0.2, 0.25) is 0 Å². The van der Waals surface area contributed by atoms with E-state index in [0.29, 0.717) is 5.92 Å². The third kappa shape index (κ3) is 6.03. The Morgan fingerprint density at radius 2 is 1.83 bits per heavy atom. The SMILES string of the molecule is CC(CCN)CNCc1ccc(OC(C)C)cc1. The normalized spacial score (nSPS) is 12.7. The van der Waals surface area contributed by atoms with Gasteiger partial charge >= 0.3 is 0 Å². The minimum absolute atomic E-state index is 0.228. The molecule has 0 aliphatic rings. The average molecular weight is 250 g/mol. The molecule has 0 saturated carbocycles. The second-order valence-electron chi connectivity index (χ2n) is 5.12. The maximum absolute atomic E-state index is 5.61. The van der Waals surface area contributed by atoms with Gasteiger partial charge in [-0.2, -0.15) is 0 Å². The first-order valence-corrected chi connectivity index (χ1v) is 6.78. The van der Waals surface area contributed by atoms with Crippen molar-refractivity contribution in [2.24, 2.45) is 11.7 Å². The molecule has 3 N–H and O–H groups in total. The molecule has 0 saturated heterocycles. The lowest BCUT2D eigenvalue weighted by Crippen LogP contribution is -2.22. The van der Waals surface area contributed by atoms with E-state index in [2.05, 4.69) is 24.4 Å². The van der Waals surface area contributed by atoms with Gasteiger partial charge in [-0.3, -0.25) is 0 Å². The molecule has 18 heavy (non-hydrogen) atoms. The summed E-state index contributed by atoms with van der Waals surface area (Å²) in [5.41, 5.74) is 6.81. The van der Waals surface area contributed by atoms with Crippen LogP contribution >= 0.6 is 0 Å². The van der Waals surface area contributed by atoms with Gasteiger partial charge in [0.1, 0.15) is 5.75 Å². The number of ether oxygens (including phenoxy) is 1. The van der Waals surface area contributed by atoms with Crippen molar-refractivity contribution in [3.05, 3.63) is 29.8 Å². The first-order valence-electron chi connectivity index (χ1n) is 6.78. The van der Waals surface area contributed by atoms with E-state index in [1.54, 1.807) is 0 Å². The van der Waals surface area contributed by atoms with Crippen LogP contribution in [0.3, 0.4) is 0 Å². The third-order valence-corrected chi connectivity index (χ3v) is 2.78. The molecule has 0 amide bonds. The van der Waals surface area contributed by atoms with Crippen LogP contribution in [0.5, 0.6) is 5.75 Å². The van der Waals surface area contributed by atoms with Crippen molar-refractivity contribution in [1.82, 2.24) is 5.32 Å². The smallest absolute Gasteiger partial charge is 0.119 e. The van der Waals surface area contributed by atoms with Gasteiger partial charge in [-0.25, -0.2) is 0 Å². The van der Waals surface area contributed by atoms with Crippen molar-refractivity contribution >= 4 is 0 Å². The summed E-state index contributed by atoms with van der Waals surface area (Å²) in [6, 6.07) is 8.28. The van der Waals surface area contributed by atoms with E-state index in [1.165, 1.54) is 5.56 Å². The number of nitrogens with one attached hydrogen (secondary N) is 1. The van der Waals surface area contributed by atoms with Crippen molar-refractivity contribution in [1.29, 1.82) is 0 Å². The average Bonchev–Trinajstić information content (AvgIpc) is 2.31. The molecule has 1 aromatic rings. The van der Waals surface area contributed by atoms with Gasteiger partial charge in [-0.15, -0.1) is 0 Å². The number of hydrogen-bond acceptors (Lipinski definition) is 3. The molecule has 3 heteroatoms. The summed E-state index contributed by atoms with van der Waals surface area (Å²) in [5.74, 6) is 1.57. The fraction of sp³-hybridized carbons (Fsp3) is 0.600. The molecule has 0 fully saturated rings. The monoisotopic (exact) mass is 250 g/mol. The minimum Gasteiger partial charge on any atom is -0.491 e. The van der Waals surface area contributed by atoms with Crippen LogP contribution in [0.15, 0.2) is 24.3 Å². The number of rotatable bonds is 8. The van der Waals surface area contributed by atoms with Gasteiger partial charge in [0.05, 0.1) is 6.10 Å². The molecule has 0 aliphatic heterocycles. The minimum atomic E-state index is 0.228. The highest BCUT2D eigenvalue weighted by Gasteiger charge is 2.01. The van der Waals surface area contributed by atoms with Crippen molar-refractivity contribution in [2.75, 3.05) is 13.1 Å². The van der Waals surface area contributed by atoms with E-state index in [-0.39, 0.29) is 6.10 Å². The Bertz CT molecular complexity index is 322. The lowest BCUT2D eigenvalue weighted by molar-refractivity contribution is 0.242. The number of hydrogen-bond donors (Lipinski definition) is 2. The van der Waals surface area contributed by atoms with Gasteiger partial charge in [0.25, 0.3) is 0 Å². The second-order valence-corrected chi connectivity index (χ2v) is 5.12. The molecule has 1 unspecified atom stereocenters. The summed E-state index contributed by atoms with van der Waals surface area (Å²) in [7, 11) is 0. The Balaban J connectivity index is 2.30. The Hall–Kier alpha value is -1.06. The van der Waals surface area contributed by atoms with Crippen LogP contribution in [0.25, 0.3) is 0 Å². The van der Waals surface area contributed by atoms with Crippen LogP contribution < -0.4 is 15.8 Å². The largest absolute Gasteiger partial charge is 0.491 e. The van der Waals surface area contributed by atoms with Crippen LogP contribution in [-0.4, -0.2) is 19.2 Å². The summed E-state index contributed by atoms with van der Waals surface area (Å²) in [6.07, 6.45) is 1.31. The van der Waals surface area contributed by atoms with Crippen LogP contribution in [0.4, 0.5) is 0 Å². The van der Waals surface area contributed by atoms with Gasteiger partial charge in [-0.1, -0.05) is 19.1 Å². The predicted molar refractivity (Wildman–Crippen MR) is 76.7 cm³/mol. The van der Waals surface area contributed by atoms with E-state index in [9.17, 15) is 0 Å². The zero-order chi connectivity index (χ0) is 13.4. The first kappa shape index (κ1) is 15.0. The van der Waals surface area contributed by atoms with E-state index in [1.807, 2.05) is 26.0 Å². The summed E-state index contributed by atoms with van der Waals surface area (Å²) >= 11 is 0. The number of nitrogens with two attached hydrogens (primary N) is 1. The van der Waals surface area contributed by atoms with Crippen molar-refractivity contribution in [2.45, 2.75) is 39.8 Å². The van der Waals surface area contributed by atoms with Crippen molar-refractivity contribution in [3.8, 4) is 5.75 Å². The third-order valence-electron chi connectivity index (χ3n) is 2.78. The molecule has 0 bridgehead atoms. The van der Waals surface area contributed by atoms with Gasteiger partial charge in [0.15, 0.2) is 0 Å². The van der Waals surface area contributed by atoms with Crippen LogP contribution in [0.1, 0.15) is 32.8 Å². The summed E-state index contributed by atoms with van der Waals surface area (Å²) < 4.78 is 5.61. The zero-order valence-electron chi connectivity index (χ0n) is 11.8. The van der Waals surface area contributed by atoms with Gasteiger partial charge < -0.3 is 15.8 Å². The lowest BCUT2D eigenvalue weighted by atomic mass is 10.1. The molecule has 3 nitrogen and oxygen atoms in total. The summed E-state index contributed by atoms with van der Waals surface area (Å²) in [6.45, 7) is 8.98. The van der Waals surface area contributed by atoms with Crippen LogP contribution in [0.2, 0.25) is 0 Å². The maximum Gasteiger partial charge on any atom is 0.119 e. The Kier molecular flexibility index (Phi) is 6.76. The summed E-state index contributed by atoms with van der Waals surface area (Å²) in [5, 5.41) is 3.45. The Morgan fingerprint density at radius 3 is 2.39 bits per heavy atom. The van der Waals surface area contributed by atoms with E-state index < -0.39 is 0 Å². The Morgan fingerprint density at radius 1 is 1.17 bits per heavy atom. The van der Waals surface area contributed by atoms with E-state index in [0.717, 1.165) is 31.8 Å². The molecule has 0 heterocycles. The number of benzene rings is 1. The molecule has 0 aromatic heterocycles. The van der Waals surface area contributed by atoms with E-state index in [4.69, 9.17) is 10.5 Å². The molecule has 1 atom stereocenters. The molecule has 0 spiro atoms. The molecule has 0 aliphatic carbocycles. The highest BCUT2D eigenvalue weighted by molar-refractivity contribution is 5.27. The molecule has 1 rings (SSSR count). The molecule has 102 valence electrons. The molecular weight excluding hydrogens is 224 g/mol. The lowest BCUT2D eigenvalue weighted by Gasteiger charge is -2.12.